The lowest BCUT2D eigenvalue weighted by atomic mass is 10.2. The number of anilines is 2. The summed E-state index contributed by atoms with van der Waals surface area (Å²) in [5.41, 5.74) is 3.49. The Balaban J connectivity index is 2.28. The van der Waals surface area contributed by atoms with Gasteiger partial charge in [-0.25, -0.2) is 14.9 Å². The SMILES string of the molecule is Cc1ccc(Nc2nc(C#N)ccc2C(=O)NOCC(C)C)c(F)c1. The third-order valence-electron chi connectivity index (χ3n) is 3.21. The van der Waals surface area contributed by atoms with Gasteiger partial charge in [-0.3, -0.25) is 9.63 Å². The number of halogens is 1. The molecule has 0 aliphatic rings. The molecule has 7 heteroatoms. The van der Waals surface area contributed by atoms with Crippen molar-refractivity contribution in [1.29, 1.82) is 5.26 Å². The molecule has 6 nitrogen and oxygen atoms in total. The van der Waals surface area contributed by atoms with E-state index in [0.717, 1.165) is 5.56 Å². The van der Waals surface area contributed by atoms with Gasteiger partial charge in [0.25, 0.3) is 5.91 Å². The van der Waals surface area contributed by atoms with Gasteiger partial charge in [0.15, 0.2) is 0 Å². The number of aryl methyl sites for hydroxylation is 1. The number of pyridine rings is 1. The predicted molar refractivity (Wildman–Crippen MR) is 91.6 cm³/mol. The number of nitriles is 1. The summed E-state index contributed by atoms with van der Waals surface area (Å²) in [4.78, 5) is 21.5. The van der Waals surface area contributed by atoms with E-state index >= 15 is 0 Å². The minimum absolute atomic E-state index is 0.0763. The van der Waals surface area contributed by atoms with E-state index in [1.165, 1.54) is 18.2 Å². The number of nitrogens with one attached hydrogen (secondary N) is 2. The van der Waals surface area contributed by atoms with Crippen LogP contribution in [-0.2, 0) is 4.84 Å². The van der Waals surface area contributed by atoms with Crippen molar-refractivity contribution in [3.8, 4) is 6.07 Å². The smallest absolute Gasteiger partial charge is 0.278 e. The number of carbonyl (C=O) groups is 1. The summed E-state index contributed by atoms with van der Waals surface area (Å²) in [5.74, 6) is -0.690. The fraction of sp³-hybridized carbons (Fsp3) is 0.278. The van der Waals surface area contributed by atoms with Crippen molar-refractivity contribution in [2.75, 3.05) is 11.9 Å². The molecule has 2 N–H and O–H groups in total. The molecule has 1 aromatic carbocycles. The van der Waals surface area contributed by atoms with Crippen LogP contribution in [0.25, 0.3) is 0 Å². The zero-order valence-electron chi connectivity index (χ0n) is 14.3. The summed E-state index contributed by atoms with van der Waals surface area (Å²) in [5, 5.41) is 11.8. The van der Waals surface area contributed by atoms with E-state index in [-0.39, 0.29) is 28.7 Å². The van der Waals surface area contributed by atoms with E-state index in [4.69, 9.17) is 10.1 Å². The average Bonchev–Trinajstić information content (AvgIpc) is 2.56. The summed E-state index contributed by atoms with van der Waals surface area (Å²) in [6.07, 6.45) is 0. The lowest BCUT2D eigenvalue weighted by molar-refractivity contribution is 0.0209. The first-order chi connectivity index (χ1) is 11.9. The predicted octanol–water partition coefficient (Wildman–Crippen LogP) is 3.46. The van der Waals surface area contributed by atoms with Crippen LogP contribution in [0, 0.1) is 30.0 Å². The highest BCUT2D eigenvalue weighted by Crippen LogP contribution is 2.23. The molecule has 0 unspecified atom stereocenters. The Bertz CT molecular complexity index is 815. The molecule has 0 aliphatic carbocycles. The van der Waals surface area contributed by atoms with Gasteiger partial charge >= 0.3 is 0 Å². The maximum atomic E-state index is 14.1. The Hall–Kier alpha value is -2.98. The quantitative estimate of drug-likeness (QED) is 0.785. The fourth-order valence-electron chi connectivity index (χ4n) is 1.98. The highest BCUT2D eigenvalue weighted by atomic mass is 19.1. The average molecular weight is 342 g/mol. The maximum absolute atomic E-state index is 14.1. The molecule has 0 saturated carbocycles. The summed E-state index contributed by atoms with van der Waals surface area (Å²) in [6.45, 7) is 6.02. The maximum Gasteiger partial charge on any atom is 0.278 e. The number of hydroxylamine groups is 1. The molecule has 130 valence electrons. The summed E-state index contributed by atoms with van der Waals surface area (Å²) in [7, 11) is 0. The number of aromatic nitrogens is 1. The molecule has 0 aliphatic heterocycles. The second kappa shape index (κ2) is 8.22. The minimum atomic E-state index is -0.535. The van der Waals surface area contributed by atoms with Crippen LogP contribution in [-0.4, -0.2) is 17.5 Å². The van der Waals surface area contributed by atoms with Crippen LogP contribution in [0.1, 0.15) is 35.5 Å². The van der Waals surface area contributed by atoms with Crippen molar-refractivity contribution in [1.82, 2.24) is 10.5 Å². The number of hydrogen-bond acceptors (Lipinski definition) is 5. The Morgan fingerprint density at radius 2 is 2.12 bits per heavy atom. The molecule has 2 rings (SSSR count). The van der Waals surface area contributed by atoms with Gasteiger partial charge in [0, 0.05) is 0 Å². The Labute approximate surface area is 145 Å². The standard InChI is InChI=1S/C18H19FN4O2/c1-11(2)10-25-23-18(24)14-6-5-13(9-20)21-17(14)22-16-7-4-12(3)8-15(16)19/h4-8,11H,10H2,1-3H3,(H,21,22)(H,23,24). The van der Waals surface area contributed by atoms with Crippen LogP contribution >= 0.6 is 0 Å². The van der Waals surface area contributed by atoms with Crippen LogP contribution in [0.2, 0.25) is 0 Å². The molecule has 0 atom stereocenters. The number of rotatable bonds is 6. The van der Waals surface area contributed by atoms with E-state index in [0.29, 0.717) is 6.61 Å². The van der Waals surface area contributed by atoms with Crippen molar-refractivity contribution in [2.24, 2.45) is 5.92 Å². The van der Waals surface area contributed by atoms with Gasteiger partial charge in [-0.1, -0.05) is 19.9 Å². The van der Waals surface area contributed by atoms with Gasteiger partial charge in [0.2, 0.25) is 0 Å². The molecule has 0 bridgehead atoms. The van der Waals surface area contributed by atoms with Gasteiger partial charge in [0.1, 0.15) is 23.4 Å². The molecule has 0 radical (unpaired) electrons. The minimum Gasteiger partial charge on any atom is -0.337 e. The molecule has 25 heavy (non-hydrogen) atoms. The molecule has 0 spiro atoms. The van der Waals surface area contributed by atoms with Crippen LogP contribution in [0.3, 0.4) is 0 Å². The van der Waals surface area contributed by atoms with Crippen LogP contribution in [0.15, 0.2) is 30.3 Å². The molecular weight excluding hydrogens is 323 g/mol. The molecular formula is C18H19FN4O2. The molecule has 2 aromatic rings. The topological polar surface area (TPSA) is 87.0 Å². The van der Waals surface area contributed by atoms with Crippen LogP contribution in [0.5, 0.6) is 0 Å². The molecule has 1 amide bonds. The van der Waals surface area contributed by atoms with Crippen molar-refractivity contribution >= 4 is 17.4 Å². The highest BCUT2D eigenvalue weighted by Gasteiger charge is 2.16. The number of nitrogens with zero attached hydrogens (tertiary/aromatic N) is 2. The summed E-state index contributed by atoms with van der Waals surface area (Å²) in [6, 6.07) is 9.38. The van der Waals surface area contributed by atoms with E-state index in [2.05, 4.69) is 15.8 Å². The van der Waals surface area contributed by atoms with E-state index in [1.54, 1.807) is 19.1 Å². The number of amides is 1. The van der Waals surface area contributed by atoms with Gasteiger partial charge in [-0.05, 0) is 42.7 Å². The Morgan fingerprint density at radius 3 is 2.76 bits per heavy atom. The first-order valence-electron chi connectivity index (χ1n) is 7.77. The Kier molecular flexibility index (Phi) is 6.03. The third-order valence-corrected chi connectivity index (χ3v) is 3.21. The first-order valence-corrected chi connectivity index (χ1v) is 7.77. The zero-order valence-corrected chi connectivity index (χ0v) is 14.3. The molecule has 0 fully saturated rings. The molecule has 1 aromatic heterocycles. The second-order valence-electron chi connectivity index (χ2n) is 5.95. The lowest BCUT2D eigenvalue weighted by Crippen LogP contribution is -2.26. The highest BCUT2D eigenvalue weighted by molar-refractivity contribution is 5.98. The monoisotopic (exact) mass is 342 g/mol. The van der Waals surface area contributed by atoms with E-state index in [1.807, 2.05) is 19.9 Å². The van der Waals surface area contributed by atoms with Crippen molar-refractivity contribution < 1.29 is 14.0 Å². The van der Waals surface area contributed by atoms with E-state index in [9.17, 15) is 9.18 Å². The van der Waals surface area contributed by atoms with Gasteiger partial charge in [-0.15, -0.1) is 0 Å². The summed E-state index contributed by atoms with van der Waals surface area (Å²) >= 11 is 0. The molecule has 1 heterocycles. The second-order valence-corrected chi connectivity index (χ2v) is 5.95. The van der Waals surface area contributed by atoms with Gasteiger partial charge < -0.3 is 5.32 Å². The van der Waals surface area contributed by atoms with E-state index < -0.39 is 11.7 Å². The van der Waals surface area contributed by atoms with Crippen LogP contribution in [0.4, 0.5) is 15.9 Å². The van der Waals surface area contributed by atoms with Crippen LogP contribution < -0.4 is 10.8 Å². The number of benzene rings is 1. The van der Waals surface area contributed by atoms with Crippen molar-refractivity contribution in [2.45, 2.75) is 20.8 Å². The lowest BCUT2D eigenvalue weighted by Gasteiger charge is -2.13. The third kappa shape index (κ3) is 4.99. The van der Waals surface area contributed by atoms with Crippen molar-refractivity contribution in [3.05, 3.63) is 53.0 Å². The van der Waals surface area contributed by atoms with Gasteiger partial charge in [-0.2, -0.15) is 5.26 Å². The Morgan fingerprint density at radius 1 is 1.36 bits per heavy atom. The van der Waals surface area contributed by atoms with Crippen molar-refractivity contribution in [3.63, 3.8) is 0 Å². The van der Waals surface area contributed by atoms with Gasteiger partial charge in [0.05, 0.1) is 17.9 Å². The first kappa shape index (κ1) is 18.4. The fourth-order valence-corrected chi connectivity index (χ4v) is 1.98. The number of hydrogen-bond donors (Lipinski definition) is 2. The normalized spacial score (nSPS) is 10.4. The zero-order chi connectivity index (χ0) is 18.4. The molecule has 0 saturated heterocycles. The largest absolute Gasteiger partial charge is 0.337 e. The summed E-state index contributed by atoms with van der Waals surface area (Å²) < 4.78 is 14.1. The number of carbonyl (C=O) groups excluding carboxylic acids is 1.